The smallest absolute Gasteiger partial charge is 0.239 e. The number of rotatable bonds is 6. The van der Waals surface area contributed by atoms with E-state index >= 15 is 0 Å². The van der Waals surface area contributed by atoms with Crippen LogP contribution in [0.15, 0.2) is 5.51 Å². The van der Waals surface area contributed by atoms with E-state index in [0.717, 1.165) is 22.7 Å². The van der Waals surface area contributed by atoms with Gasteiger partial charge in [0.1, 0.15) is 0 Å². The molecule has 0 aliphatic carbocycles. The highest BCUT2D eigenvalue weighted by molar-refractivity contribution is 7.98. The molecule has 0 fully saturated rings. The molecule has 1 rings (SSSR count). The van der Waals surface area contributed by atoms with Gasteiger partial charge in [0, 0.05) is 11.9 Å². The monoisotopic (exact) mass is 273 g/mol. The zero-order valence-electron chi connectivity index (χ0n) is 10.5. The van der Waals surface area contributed by atoms with Crippen LogP contribution in [0.25, 0.3) is 0 Å². The number of amides is 1. The zero-order chi connectivity index (χ0) is 12.8. The van der Waals surface area contributed by atoms with Gasteiger partial charge >= 0.3 is 0 Å². The van der Waals surface area contributed by atoms with Gasteiger partial charge in [0.25, 0.3) is 0 Å². The van der Waals surface area contributed by atoms with Gasteiger partial charge in [-0.25, -0.2) is 4.98 Å². The Labute approximate surface area is 111 Å². The summed E-state index contributed by atoms with van der Waals surface area (Å²) in [5, 5.41) is 0. The van der Waals surface area contributed by atoms with Gasteiger partial charge in [0.05, 0.1) is 23.8 Å². The number of thioether (sulfide) groups is 1. The number of carbonyl (C=O) groups excluding carboxylic acids is 1. The summed E-state index contributed by atoms with van der Waals surface area (Å²) >= 11 is 3.28. The summed E-state index contributed by atoms with van der Waals surface area (Å²) in [6.07, 6.45) is 2.74. The molecule has 0 radical (unpaired) electrons. The van der Waals surface area contributed by atoms with E-state index < -0.39 is 0 Å². The van der Waals surface area contributed by atoms with E-state index in [1.807, 2.05) is 13.2 Å². The molecule has 1 amide bonds. The highest BCUT2D eigenvalue weighted by Crippen LogP contribution is 2.14. The quantitative estimate of drug-likeness (QED) is 0.853. The van der Waals surface area contributed by atoms with E-state index in [-0.39, 0.29) is 11.9 Å². The summed E-state index contributed by atoms with van der Waals surface area (Å²) in [6, 6.07) is -0.388. The number of carbonyl (C=O) groups is 1. The summed E-state index contributed by atoms with van der Waals surface area (Å²) in [7, 11) is 1.79. The molecule has 0 spiro atoms. The van der Waals surface area contributed by atoms with Crippen LogP contribution in [-0.4, -0.2) is 40.9 Å². The summed E-state index contributed by atoms with van der Waals surface area (Å²) in [6.45, 7) is 2.56. The number of nitrogens with zero attached hydrogens (tertiary/aromatic N) is 2. The summed E-state index contributed by atoms with van der Waals surface area (Å²) in [5.74, 6) is 0.923. The Kier molecular flexibility index (Phi) is 5.94. The molecular formula is C11H19N3OS2. The van der Waals surface area contributed by atoms with Gasteiger partial charge in [0.2, 0.25) is 5.91 Å². The first-order valence-corrected chi connectivity index (χ1v) is 7.72. The predicted molar refractivity (Wildman–Crippen MR) is 74.3 cm³/mol. The number of nitrogens with two attached hydrogens (primary N) is 1. The van der Waals surface area contributed by atoms with Gasteiger partial charge in [-0.3, -0.25) is 4.79 Å². The fourth-order valence-electron chi connectivity index (χ4n) is 1.42. The Hall–Kier alpha value is -0.590. The third-order valence-electron chi connectivity index (χ3n) is 2.55. The van der Waals surface area contributed by atoms with Gasteiger partial charge in [-0.1, -0.05) is 0 Å². The molecule has 0 aliphatic heterocycles. The van der Waals surface area contributed by atoms with Crippen molar-refractivity contribution in [3.8, 4) is 0 Å². The SMILES string of the molecule is CSCC[C@H](N)C(=O)N(C)Cc1scnc1C. The van der Waals surface area contributed by atoms with E-state index in [9.17, 15) is 4.79 Å². The van der Waals surface area contributed by atoms with Crippen LogP contribution in [0.3, 0.4) is 0 Å². The number of thiazole rings is 1. The fourth-order valence-corrected chi connectivity index (χ4v) is 2.74. The molecular weight excluding hydrogens is 254 g/mol. The summed E-state index contributed by atoms with van der Waals surface area (Å²) in [5.41, 5.74) is 8.65. The molecule has 0 saturated heterocycles. The lowest BCUT2D eigenvalue weighted by Crippen LogP contribution is -2.41. The van der Waals surface area contributed by atoms with Crippen LogP contribution in [0.2, 0.25) is 0 Å². The second kappa shape index (κ2) is 6.98. The highest BCUT2D eigenvalue weighted by atomic mass is 32.2. The number of hydrogen-bond donors (Lipinski definition) is 1. The molecule has 4 nitrogen and oxygen atoms in total. The van der Waals surface area contributed by atoms with Gasteiger partial charge in [0.15, 0.2) is 0 Å². The molecule has 1 heterocycles. The zero-order valence-corrected chi connectivity index (χ0v) is 12.1. The molecule has 0 bridgehead atoms. The minimum atomic E-state index is -0.388. The van der Waals surface area contributed by atoms with Crippen molar-refractivity contribution in [2.45, 2.75) is 25.9 Å². The first kappa shape index (κ1) is 14.5. The number of aryl methyl sites for hydroxylation is 1. The van der Waals surface area contributed by atoms with Crippen LogP contribution in [0.1, 0.15) is 17.0 Å². The third-order valence-corrected chi connectivity index (χ3v) is 4.12. The molecule has 6 heteroatoms. The minimum absolute atomic E-state index is 0.00634. The van der Waals surface area contributed by atoms with Crippen molar-refractivity contribution in [2.24, 2.45) is 5.73 Å². The lowest BCUT2D eigenvalue weighted by atomic mass is 10.2. The number of likely N-dealkylation sites (N-methyl/N-ethyl adjacent to an activating group) is 1. The van der Waals surface area contributed by atoms with Gasteiger partial charge in [-0.2, -0.15) is 11.8 Å². The lowest BCUT2D eigenvalue weighted by molar-refractivity contribution is -0.131. The first-order chi connectivity index (χ1) is 8.06. The first-order valence-electron chi connectivity index (χ1n) is 5.44. The van der Waals surface area contributed by atoms with Crippen molar-refractivity contribution in [2.75, 3.05) is 19.1 Å². The normalized spacial score (nSPS) is 12.5. The van der Waals surface area contributed by atoms with E-state index in [2.05, 4.69) is 4.98 Å². The van der Waals surface area contributed by atoms with Crippen LogP contribution < -0.4 is 5.73 Å². The highest BCUT2D eigenvalue weighted by Gasteiger charge is 2.18. The number of aromatic nitrogens is 1. The number of hydrogen-bond acceptors (Lipinski definition) is 5. The Balaban J connectivity index is 2.49. The van der Waals surface area contributed by atoms with E-state index in [0.29, 0.717) is 6.54 Å². The summed E-state index contributed by atoms with van der Waals surface area (Å²) < 4.78 is 0. The molecule has 0 aromatic carbocycles. The molecule has 1 atom stereocenters. The average molecular weight is 273 g/mol. The van der Waals surface area contributed by atoms with Crippen molar-refractivity contribution >= 4 is 29.0 Å². The second-order valence-electron chi connectivity index (χ2n) is 3.94. The van der Waals surface area contributed by atoms with Crippen molar-refractivity contribution in [3.05, 3.63) is 16.1 Å². The Bertz CT molecular complexity index is 367. The standard InChI is InChI=1S/C11H19N3OS2/c1-8-10(17-7-13-8)6-14(2)11(15)9(12)4-5-16-3/h7,9H,4-6,12H2,1-3H3/t9-/m0/s1. The van der Waals surface area contributed by atoms with Crippen LogP contribution in [0.4, 0.5) is 0 Å². The van der Waals surface area contributed by atoms with E-state index in [4.69, 9.17) is 5.73 Å². The van der Waals surface area contributed by atoms with Crippen molar-refractivity contribution in [1.82, 2.24) is 9.88 Å². The maximum atomic E-state index is 12.0. The summed E-state index contributed by atoms with van der Waals surface area (Å²) in [4.78, 5) is 18.9. The van der Waals surface area contributed by atoms with Crippen LogP contribution in [-0.2, 0) is 11.3 Å². The molecule has 0 unspecified atom stereocenters. The van der Waals surface area contributed by atoms with Gasteiger partial charge < -0.3 is 10.6 Å². The fraction of sp³-hybridized carbons (Fsp3) is 0.636. The molecule has 96 valence electrons. The average Bonchev–Trinajstić information content (AvgIpc) is 2.70. The van der Waals surface area contributed by atoms with E-state index in [1.54, 1.807) is 40.6 Å². The molecule has 2 N–H and O–H groups in total. The lowest BCUT2D eigenvalue weighted by Gasteiger charge is -2.20. The molecule has 0 aliphatic rings. The van der Waals surface area contributed by atoms with Gasteiger partial charge in [-0.05, 0) is 25.4 Å². The second-order valence-corrected chi connectivity index (χ2v) is 5.87. The Morgan fingerprint density at radius 3 is 2.94 bits per heavy atom. The Morgan fingerprint density at radius 1 is 1.71 bits per heavy atom. The van der Waals surface area contributed by atoms with Crippen molar-refractivity contribution in [3.63, 3.8) is 0 Å². The van der Waals surface area contributed by atoms with Crippen molar-refractivity contribution < 1.29 is 4.79 Å². The van der Waals surface area contributed by atoms with Crippen LogP contribution >= 0.6 is 23.1 Å². The predicted octanol–water partition coefficient (Wildman–Crippen LogP) is 1.49. The minimum Gasteiger partial charge on any atom is -0.339 e. The maximum Gasteiger partial charge on any atom is 0.239 e. The van der Waals surface area contributed by atoms with E-state index in [1.165, 1.54) is 0 Å². The van der Waals surface area contributed by atoms with Gasteiger partial charge in [-0.15, -0.1) is 11.3 Å². The third kappa shape index (κ3) is 4.29. The van der Waals surface area contributed by atoms with Crippen molar-refractivity contribution in [1.29, 1.82) is 0 Å². The molecule has 1 aromatic heterocycles. The molecule has 17 heavy (non-hydrogen) atoms. The largest absolute Gasteiger partial charge is 0.339 e. The van der Waals surface area contributed by atoms with Crippen LogP contribution in [0.5, 0.6) is 0 Å². The molecule has 1 aromatic rings. The molecule has 0 saturated carbocycles. The maximum absolute atomic E-state index is 12.0. The topological polar surface area (TPSA) is 59.2 Å². The van der Waals surface area contributed by atoms with Crippen LogP contribution in [0, 0.1) is 6.92 Å². The Morgan fingerprint density at radius 2 is 2.41 bits per heavy atom.